The number of nitriles is 1. The molecular weight excluding hydrogens is 430 g/mol. The van der Waals surface area contributed by atoms with Crippen LogP contribution >= 0.6 is 0 Å². The van der Waals surface area contributed by atoms with Gasteiger partial charge in [-0.3, -0.25) is 9.36 Å². The highest BCUT2D eigenvalue weighted by Gasteiger charge is 2.19. The van der Waals surface area contributed by atoms with Gasteiger partial charge in [0.1, 0.15) is 5.82 Å². The van der Waals surface area contributed by atoms with Crippen molar-refractivity contribution in [2.75, 3.05) is 0 Å². The molecular formula is C31H37N3O. The van der Waals surface area contributed by atoms with E-state index in [9.17, 15) is 10.1 Å². The number of unbranched alkanes of at least 4 members (excludes halogenated alkanes) is 1. The van der Waals surface area contributed by atoms with Crippen molar-refractivity contribution in [3.05, 3.63) is 93.2 Å². The van der Waals surface area contributed by atoms with Gasteiger partial charge in [-0.15, -0.1) is 0 Å². The van der Waals surface area contributed by atoms with E-state index in [0.29, 0.717) is 12.1 Å². The lowest BCUT2D eigenvalue weighted by Crippen LogP contribution is -2.30. The number of rotatable bonds is 7. The summed E-state index contributed by atoms with van der Waals surface area (Å²) in [5.74, 6) is 0.874. The Morgan fingerprint density at radius 2 is 1.80 bits per heavy atom. The molecule has 1 aliphatic rings. The Morgan fingerprint density at radius 3 is 2.46 bits per heavy atom. The van der Waals surface area contributed by atoms with Crippen LogP contribution in [-0.2, 0) is 13.0 Å². The van der Waals surface area contributed by atoms with Gasteiger partial charge in [-0.25, -0.2) is 4.98 Å². The molecule has 4 nitrogen and oxygen atoms in total. The zero-order chi connectivity index (χ0) is 25.2. The first-order chi connectivity index (χ1) is 17.1. The zero-order valence-electron chi connectivity index (χ0n) is 21.6. The molecule has 0 amide bonds. The highest BCUT2D eigenvalue weighted by atomic mass is 16.1. The summed E-state index contributed by atoms with van der Waals surface area (Å²) < 4.78 is 1.88. The topological polar surface area (TPSA) is 58.7 Å². The van der Waals surface area contributed by atoms with Crippen LogP contribution in [0.15, 0.2) is 59.4 Å². The van der Waals surface area contributed by atoms with Crippen molar-refractivity contribution < 1.29 is 0 Å². The maximum absolute atomic E-state index is 13.7. The average molecular weight is 468 g/mol. The molecule has 0 radical (unpaired) electrons. The molecule has 0 unspecified atom stereocenters. The Morgan fingerprint density at radius 1 is 1.06 bits per heavy atom. The van der Waals surface area contributed by atoms with Gasteiger partial charge in [-0.2, -0.15) is 5.26 Å². The Kier molecular flexibility index (Phi) is 9.61. The third kappa shape index (κ3) is 6.17. The zero-order valence-corrected chi connectivity index (χ0v) is 21.6. The largest absolute Gasteiger partial charge is 0.292 e. The summed E-state index contributed by atoms with van der Waals surface area (Å²) >= 11 is 0. The van der Waals surface area contributed by atoms with Crippen LogP contribution in [-0.4, -0.2) is 9.55 Å². The van der Waals surface area contributed by atoms with E-state index < -0.39 is 0 Å². The maximum atomic E-state index is 13.7. The summed E-state index contributed by atoms with van der Waals surface area (Å²) in [7, 11) is 0. The highest BCUT2D eigenvalue weighted by Crippen LogP contribution is 2.27. The number of benzene rings is 2. The standard InChI is InChI=1S/C29H31N3O.C2H6/c1-3-4-14-27-31-21(2)28(24-10-6-5-7-11-24)29(33)32(27)20-22-15-17-23(18-16-22)26-13-9-8-12-25(26)19-30;1-2/h8-10,12-13,15-18H,3-7,11,14,20H2,1-2H3;1-2H3. The molecule has 0 saturated heterocycles. The van der Waals surface area contributed by atoms with Gasteiger partial charge in [0.25, 0.3) is 5.56 Å². The fourth-order valence-corrected chi connectivity index (χ4v) is 4.65. The summed E-state index contributed by atoms with van der Waals surface area (Å²) in [6.07, 6.45) is 9.43. The minimum Gasteiger partial charge on any atom is -0.292 e. The number of hydrogen-bond acceptors (Lipinski definition) is 3. The molecule has 0 aliphatic heterocycles. The summed E-state index contributed by atoms with van der Waals surface area (Å²) in [5, 5.41) is 9.42. The molecule has 0 atom stereocenters. The fourth-order valence-electron chi connectivity index (χ4n) is 4.65. The third-order valence-electron chi connectivity index (χ3n) is 6.45. The van der Waals surface area contributed by atoms with E-state index in [1.165, 1.54) is 6.42 Å². The molecule has 3 aromatic rings. The lowest BCUT2D eigenvalue weighted by molar-refractivity contribution is 0.628. The van der Waals surface area contributed by atoms with Crippen molar-refractivity contribution in [3.8, 4) is 17.2 Å². The van der Waals surface area contributed by atoms with Gasteiger partial charge in [-0.05, 0) is 67.4 Å². The van der Waals surface area contributed by atoms with E-state index in [0.717, 1.165) is 77.9 Å². The number of aromatic nitrogens is 2. The van der Waals surface area contributed by atoms with Crippen molar-refractivity contribution >= 4 is 5.57 Å². The van der Waals surface area contributed by atoms with E-state index in [1.54, 1.807) is 0 Å². The molecule has 0 fully saturated rings. The summed E-state index contributed by atoms with van der Waals surface area (Å²) in [5.41, 5.74) is 6.56. The normalized spacial score (nSPS) is 12.8. The van der Waals surface area contributed by atoms with E-state index in [4.69, 9.17) is 4.98 Å². The second kappa shape index (κ2) is 12.9. The van der Waals surface area contributed by atoms with Gasteiger partial charge < -0.3 is 0 Å². The number of nitrogens with zero attached hydrogens (tertiary/aromatic N) is 3. The van der Waals surface area contributed by atoms with E-state index in [2.05, 4.69) is 31.2 Å². The monoisotopic (exact) mass is 467 g/mol. The average Bonchev–Trinajstić information content (AvgIpc) is 2.91. The minimum absolute atomic E-state index is 0.0839. The van der Waals surface area contributed by atoms with Crippen LogP contribution in [0.2, 0.25) is 0 Å². The fraction of sp³-hybridized carbons (Fsp3) is 0.387. The SMILES string of the molecule is CC.CCCCc1nc(C)c(C2=CCCCC2)c(=O)n1Cc1ccc(-c2ccccc2C#N)cc1. The highest BCUT2D eigenvalue weighted by molar-refractivity contribution is 5.70. The molecule has 35 heavy (non-hydrogen) atoms. The Bertz CT molecular complexity index is 1260. The molecule has 1 aromatic heterocycles. The van der Waals surface area contributed by atoms with Gasteiger partial charge in [0.15, 0.2) is 0 Å². The molecule has 0 spiro atoms. The van der Waals surface area contributed by atoms with Gasteiger partial charge in [0.2, 0.25) is 0 Å². The molecule has 0 bridgehead atoms. The van der Waals surface area contributed by atoms with Crippen molar-refractivity contribution in [1.29, 1.82) is 5.26 Å². The second-order valence-electron chi connectivity index (χ2n) is 8.81. The second-order valence-corrected chi connectivity index (χ2v) is 8.81. The molecule has 182 valence electrons. The molecule has 1 heterocycles. The van der Waals surface area contributed by atoms with Crippen LogP contribution in [0.4, 0.5) is 0 Å². The summed E-state index contributed by atoms with van der Waals surface area (Å²) in [6.45, 7) is 8.65. The quantitative estimate of drug-likeness (QED) is 0.362. The van der Waals surface area contributed by atoms with Gasteiger partial charge in [0.05, 0.1) is 29.4 Å². The molecule has 0 N–H and O–H groups in total. The van der Waals surface area contributed by atoms with Crippen molar-refractivity contribution in [1.82, 2.24) is 9.55 Å². The predicted molar refractivity (Wildman–Crippen MR) is 145 cm³/mol. The number of hydrogen-bond donors (Lipinski definition) is 0. The van der Waals surface area contributed by atoms with Crippen LogP contribution in [0.1, 0.15) is 87.5 Å². The van der Waals surface area contributed by atoms with Gasteiger partial charge >= 0.3 is 0 Å². The van der Waals surface area contributed by atoms with Crippen LogP contribution in [0.25, 0.3) is 16.7 Å². The van der Waals surface area contributed by atoms with Crippen molar-refractivity contribution in [2.24, 2.45) is 0 Å². The Hall–Kier alpha value is -3.45. The lowest BCUT2D eigenvalue weighted by atomic mass is 9.93. The lowest BCUT2D eigenvalue weighted by Gasteiger charge is -2.19. The first-order valence-electron chi connectivity index (χ1n) is 13.0. The maximum Gasteiger partial charge on any atom is 0.261 e. The van der Waals surface area contributed by atoms with Crippen LogP contribution in [0, 0.1) is 18.3 Å². The van der Waals surface area contributed by atoms with E-state index in [-0.39, 0.29) is 5.56 Å². The number of aryl methyl sites for hydroxylation is 2. The number of allylic oxidation sites excluding steroid dienone is 2. The van der Waals surface area contributed by atoms with Gasteiger partial charge in [0, 0.05) is 6.42 Å². The summed E-state index contributed by atoms with van der Waals surface area (Å²) in [4.78, 5) is 18.6. The van der Waals surface area contributed by atoms with Crippen molar-refractivity contribution in [2.45, 2.75) is 79.2 Å². The van der Waals surface area contributed by atoms with E-state index in [1.807, 2.05) is 61.7 Å². The van der Waals surface area contributed by atoms with Crippen LogP contribution < -0.4 is 5.56 Å². The van der Waals surface area contributed by atoms with E-state index >= 15 is 0 Å². The summed E-state index contributed by atoms with van der Waals surface area (Å²) in [6, 6.07) is 18.1. The molecule has 0 saturated carbocycles. The first kappa shape index (κ1) is 26.2. The first-order valence-corrected chi connectivity index (χ1v) is 13.0. The molecule has 1 aliphatic carbocycles. The van der Waals surface area contributed by atoms with Crippen molar-refractivity contribution in [3.63, 3.8) is 0 Å². The molecule has 2 aromatic carbocycles. The Labute approximate surface area is 210 Å². The van der Waals surface area contributed by atoms with Crippen LogP contribution in [0.5, 0.6) is 0 Å². The Balaban J connectivity index is 0.00000167. The molecule has 4 rings (SSSR count). The smallest absolute Gasteiger partial charge is 0.261 e. The minimum atomic E-state index is 0.0839. The third-order valence-corrected chi connectivity index (χ3v) is 6.45. The van der Waals surface area contributed by atoms with Crippen LogP contribution in [0.3, 0.4) is 0 Å². The van der Waals surface area contributed by atoms with Gasteiger partial charge in [-0.1, -0.05) is 75.7 Å². The molecule has 4 heteroatoms. The predicted octanol–water partition coefficient (Wildman–Crippen LogP) is 7.46.